The smallest absolute Gasteiger partial charge is 0.336 e. The van der Waals surface area contributed by atoms with Crippen molar-refractivity contribution >= 4 is 5.97 Å². The maximum atomic E-state index is 11.9. The molecule has 0 aromatic heterocycles. The molecule has 0 saturated heterocycles. The maximum Gasteiger partial charge on any atom is 0.336 e. The molecule has 3 aromatic rings. The molecule has 0 spiro atoms. The van der Waals surface area contributed by atoms with Gasteiger partial charge in [-0.05, 0) is 42.3 Å². The summed E-state index contributed by atoms with van der Waals surface area (Å²) in [6.07, 6.45) is 0.717. The van der Waals surface area contributed by atoms with Crippen molar-refractivity contribution in [3.05, 3.63) is 101 Å². The van der Waals surface area contributed by atoms with E-state index in [0.29, 0.717) is 35.6 Å². The van der Waals surface area contributed by atoms with Gasteiger partial charge in [-0.3, -0.25) is 0 Å². The monoisotopic (exact) mass is 377 g/mol. The average molecular weight is 377 g/mol. The number of nitrogens with two attached hydrogens (primary N) is 1. The second kappa shape index (κ2) is 8.69. The lowest BCUT2D eigenvalue weighted by molar-refractivity contribution is 0.0680. The third kappa shape index (κ3) is 3.91. The van der Waals surface area contributed by atoms with Crippen LogP contribution in [0.5, 0.6) is 5.75 Å². The SMILES string of the molecule is NCCCOc1cccc(C(O)(c2ccccc2)c2ccccc2C(=O)O)c1. The van der Waals surface area contributed by atoms with Gasteiger partial charge in [0.05, 0.1) is 12.2 Å². The number of rotatable bonds is 8. The van der Waals surface area contributed by atoms with Crippen molar-refractivity contribution in [2.24, 2.45) is 5.73 Å². The second-order valence-electron chi connectivity index (χ2n) is 6.45. The highest BCUT2D eigenvalue weighted by Crippen LogP contribution is 2.39. The zero-order chi connectivity index (χ0) is 20.0. The van der Waals surface area contributed by atoms with Gasteiger partial charge in [-0.15, -0.1) is 0 Å². The van der Waals surface area contributed by atoms with Crippen LogP contribution in [-0.4, -0.2) is 29.3 Å². The van der Waals surface area contributed by atoms with E-state index in [4.69, 9.17) is 10.5 Å². The summed E-state index contributed by atoms with van der Waals surface area (Å²) >= 11 is 0. The van der Waals surface area contributed by atoms with Crippen LogP contribution >= 0.6 is 0 Å². The topological polar surface area (TPSA) is 92.8 Å². The van der Waals surface area contributed by atoms with E-state index in [1.807, 2.05) is 18.2 Å². The lowest BCUT2D eigenvalue weighted by Crippen LogP contribution is -2.31. The molecular formula is C23H23NO4. The molecule has 28 heavy (non-hydrogen) atoms. The van der Waals surface area contributed by atoms with Crippen LogP contribution in [0.3, 0.4) is 0 Å². The highest BCUT2D eigenvalue weighted by atomic mass is 16.5. The molecule has 3 aromatic carbocycles. The summed E-state index contributed by atoms with van der Waals surface area (Å²) in [6.45, 7) is 0.995. The number of aliphatic hydroxyl groups is 1. The summed E-state index contributed by atoms with van der Waals surface area (Å²) in [5.41, 5.74) is 5.31. The summed E-state index contributed by atoms with van der Waals surface area (Å²) in [5.74, 6) is -0.506. The van der Waals surface area contributed by atoms with Crippen molar-refractivity contribution in [2.75, 3.05) is 13.2 Å². The summed E-state index contributed by atoms with van der Waals surface area (Å²) < 4.78 is 5.72. The quantitative estimate of drug-likeness (QED) is 0.413. The lowest BCUT2D eigenvalue weighted by Gasteiger charge is -2.31. The van der Waals surface area contributed by atoms with E-state index in [9.17, 15) is 15.0 Å². The zero-order valence-corrected chi connectivity index (χ0v) is 15.4. The molecule has 1 atom stereocenters. The number of carboxylic acids is 1. The summed E-state index contributed by atoms with van der Waals surface area (Å²) in [5, 5.41) is 21.6. The molecule has 0 saturated carbocycles. The molecule has 0 aliphatic heterocycles. The van der Waals surface area contributed by atoms with Gasteiger partial charge in [0, 0.05) is 5.56 Å². The van der Waals surface area contributed by atoms with Crippen LogP contribution in [-0.2, 0) is 5.60 Å². The van der Waals surface area contributed by atoms with Crippen molar-refractivity contribution in [3.63, 3.8) is 0 Å². The number of hydrogen-bond donors (Lipinski definition) is 3. The van der Waals surface area contributed by atoms with Crippen LogP contribution < -0.4 is 10.5 Å². The first-order valence-electron chi connectivity index (χ1n) is 9.11. The van der Waals surface area contributed by atoms with E-state index >= 15 is 0 Å². The number of carboxylic acid groups (broad SMARTS) is 1. The third-order valence-corrected chi connectivity index (χ3v) is 4.61. The summed E-state index contributed by atoms with van der Waals surface area (Å²) in [7, 11) is 0. The fourth-order valence-electron chi connectivity index (χ4n) is 3.23. The minimum absolute atomic E-state index is 0.0447. The van der Waals surface area contributed by atoms with Gasteiger partial charge in [-0.1, -0.05) is 60.7 Å². The maximum absolute atomic E-state index is 11.9. The van der Waals surface area contributed by atoms with E-state index in [0.717, 1.165) is 6.42 Å². The molecule has 0 heterocycles. The van der Waals surface area contributed by atoms with Crippen molar-refractivity contribution in [1.29, 1.82) is 0 Å². The second-order valence-corrected chi connectivity index (χ2v) is 6.45. The molecule has 1 unspecified atom stereocenters. The number of benzene rings is 3. The Balaban J connectivity index is 2.17. The van der Waals surface area contributed by atoms with Crippen LogP contribution in [0.25, 0.3) is 0 Å². The normalized spacial score (nSPS) is 12.9. The fraction of sp³-hybridized carbons (Fsp3) is 0.174. The lowest BCUT2D eigenvalue weighted by atomic mass is 9.78. The van der Waals surface area contributed by atoms with Crippen LogP contribution in [0, 0.1) is 0 Å². The Morgan fingerprint density at radius 2 is 1.61 bits per heavy atom. The number of hydrogen-bond acceptors (Lipinski definition) is 4. The van der Waals surface area contributed by atoms with Crippen molar-refractivity contribution in [1.82, 2.24) is 0 Å². The molecule has 5 nitrogen and oxygen atoms in total. The number of carbonyl (C=O) groups is 1. The van der Waals surface area contributed by atoms with Gasteiger partial charge in [-0.2, -0.15) is 0 Å². The first-order chi connectivity index (χ1) is 13.6. The minimum atomic E-state index is -1.65. The molecule has 144 valence electrons. The molecule has 0 bridgehead atoms. The number of aromatic carboxylic acids is 1. The summed E-state index contributed by atoms with van der Waals surface area (Å²) in [6, 6.07) is 22.6. The average Bonchev–Trinajstić information content (AvgIpc) is 2.74. The summed E-state index contributed by atoms with van der Waals surface area (Å²) in [4.78, 5) is 11.8. The van der Waals surface area contributed by atoms with Gasteiger partial charge in [0.15, 0.2) is 0 Å². The number of ether oxygens (including phenoxy) is 1. The standard InChI is InChI=1S/C23H23NO4/c24-14-7-15-28-19-11-6-10-18(16-19)23(27,17-8-2-1-3-9-17)21-13-5-4-12-20(21)22(25)26/h1-6,8-13,16,27H,7,14-15,24H2,(H,25,26). The predicted molar refractivity (Wildman–Crippen MR) is 108 cm³/mol. The molecule has 0 fully saturated rings. The molecular weight excluding hydrogens is 354 g/mol. The zero-order valence-electron chi connectivity index (χ0n) is 15.4. The Labute approximate surface area is 164 Å². The van der Waals surface area contributed by atoms with Gasteiger partial charge in [0.1, 0.15) is 11.4 Å². The van der Waals surface area contributed by atoms with E-state index in [-0.39, 0.29) is 5.56 Å². The molecule has 0 radical (unpaired) electrons. The largest absolute Gasteiger partial charge is 0.494 e. The Morgan fingerprint density at radius 3 is 2.32 bits per heavy atom. The van der Waals surface area contributed by atoms with Crippen molar-refractivity contribution < 1.29 is 19.7 Å². The van der Waals surface area contributed by atoms with Gasteiger partial charge in [0.2, 0.25) is 0 Å². The molecule has 0 aliphatic carbocycles. The Kier molecular flexibility index (Phi) is 6.09. The highest BCUT2D eigenvalue weighted by Gasteiger charge is 2.37. The molecule has 0 amide bonds. The molecule has 5 heteroatoms. The van der Waals surface area contributed by atoms with E-state index in [2.05, 4.69) is 0 Å². The van der Waals surface area contributed by atoms with Crippen LogP contribution in [0.1, 0.15) is 33.5 Å². The Hall–Kier alpha value is -3.15. The first-order valence-corrected chi connectivity index (χ1v) is 9.11. The molecule has 3 rings (SSSR count). The van der Waals surface area contributed by atoms with Crippen LogP contribution in [0.15, 0.2) is 78.9 Å². The van der Waals surface area contributed by atoms with Gasteiger partial charge < -0.3 is 20.7 Å². The predicted octanol–water partition coefficient (Wildman–Crippen LogP) is 3.40. The van der Waals surface area contributed by atoms with Gasteiger partial charge in [-0.25, -0.2) is 4.79 Å². The van der Waals surface area contributed by atoms with Gasteiger partial charge >= 0.3 is 5.97 Å². The van der Waals surface area contributed by atoms with Crippen molar-refractivity contribution in [2.45, 2.75) is 12.0 Å². The highest BCUT2D eigenvalue weighted by molar-refractivity contribution is 5.90. The first kappa shape index (κ1) is 19.6. The Morgan fingerprint density at radius 1 is 0.929 bits per heavy atom. The van der Waals surface area contributed by atoms with Crippen molar-refractivity contribution in [3.8, 4) is 5.75 Å². The van der Waals surface area contributed by atoms with E-state index < -0.39 is 11.6 Å². The van der Waals surface area contributed by atoms with E-state index in [1.165, 1.54) is 6.07 Å². The molecule has 4 N–H and O–H groups in total. The van der Waals surface area contributed by atoms with Gasteiger partial charge in [0.25, 0.3) is 0 Å². The van der Waals surface area contributed by atoms with Crippen LogP contribution in [0.2, 0.25) is 0 Å². The minimum Gasteiger partial charge on any atom is -0.494 e. The fourth-order valence-corrected chi connectivity index (χ4v) is 3.23. The van der Waals surface area contributed by atoms with Crippen LogP contribution in [0.4, 0.5) is 0 Å². The Bertz CT molecular complexity index is 942. The molecule has 0 aliphatic rings. The third-order valence-electron chi connectivity index (χ3n) is 4.61. The van der Waals surface area contributed by atoms with E-state index in [1.54, 1.807) is 54.6 Å².